The van der Waals surface area contributed by atoms with Crippen LogP contribution in [0.25, 0.3) is 10.2 Å². The molecule has 1 fully saturated rings. The minimum Gasteiger partial charge on any atom is -0.381 e. The van der Waals surface area contributed by atoms with Crippen molar-refractivity contribution in [3.63, 3.8) is 0 Å². The molecule has 1 saturated heterocycles. The van der Waals surface area contributed by atoms with Crippen LogP contribution in [0.1, 0.15) is 23.4 Å². The minimum absolute atomic E-state index is 0.0361. The second-order valence-electron chi connectivity index (χ2n) is 5.04. The van der Waals surface area contributed by atoms with Crippen molar-refractivity contribution < 1.29 is 4.74 Å². The summed E-state index contributed by atoms with van der Waals surface area (Å²) in [5, 5.41) is 1.19. The van der Waals surface area contributed by atoms with Gasteiger partial charge in [0.25, 0.3) is 0 Å². The molecule has 0 saturated carbocycles. The van der Waals surface area contributed by atoms with Crippen LogP contribution < -0.4 is 5.73 Å². The van der Waals surface area contributed by atoms with Gasteiger partial charge in [-0.2, -0.15) is 0 Å². The average molecular weight is 262 g/mol. The Morgan fingerprint density at radius 1 is 1.39 bits per heavy atom. The number of ether oxygens (including phenoxy) is 1. The van der Waals surface area contributed by atoms with E-state index in [1.165, 1.54) is 15.3 Å². The van der Waals surface area contributed by atoms with Crippen LogP contribution in [0, 0.1) is 6.92 Å². The first kappa shape index (κ1) is 12.1. The molecule has 18 heavy (non-hydrogen) atoms. The summed E-state index contributed by atoms with van der Waals surface area (Å²) in [6.07, 6.45) is 1.98. The zero-order valence-corrected chi connectivity index (χ0v) is 11.4. The van der Waals surface area contributed by atoms with Crippen molar-refractivity contribution in [2.75, 3.05) is 19.8 Å². The average Bonchev–Trinajstić information content (AvgIpc) is 2.85. The topological polar surface area (TPSA) is 48.1 Å². The number of aryl methyl sites for hydroxylation is 1. The van der Waals surface area contributed by atoms with Gasteiger partial charge in [-0.25, -0.2) is 4.98 Å². The highest BCUT2D eigenvalue weighted by atomic mass is 32.1. The molecule has 1 aliphatic heterocycles. The maximum Gasteiger partial charge on any atom is 0.101 e. The molecule has 2 heterocycles. The number of fused-ring (bicyclic) bond motifs is 1. The van der Waals surface area contributed by atoms with Gasteiger partial charge in [0, 0.05) is 25.2 Å². The predicted octanol–water partition coefficient (Wildman–Crippen LogP) is 2.61. The van der Waals surface area contributed by atoms with Crippen LogP contribution in [0.5, 0.6) is 0 Å². The molecule has 0 atom stereocenters. The molecule has 0 bridgehead atoms. The normalized spacial score (nSPS) is 19.2. The second-order valence-corrected chi connectivity index (χ2v) is 6.07. The number of hydrogen-bond donors (Lipinski definition) is 1. The Kier molecular flexibility index (Phi) is 3.09. The molecule has 0 amide bonds. The number of hydrogen-bond acceptors (Lipinski definition) is 4. The molecule has 0 aliphatic carbocycles. The lowest BCUT2D eigenvalue weighted by Gasteiger charge is -2.34. The second kappa shape index (κ2) is 4.61. The van der Waals surface area contributed by atoms with E-state index < -0.39 is 0 Å². The summed E-state index contributed by atoms with van der Waals surface area (Å²) in [5.74, 6) is 0. The fraction of sp³-hybridized carbons (Fsp3) is 0.500. The lowest BCUT2D eigenvalue weighted by atomic mass is 9.81. The fourth-order valence-corrected chi connectivity index (χ4v) is 3.88. The van der Waals surface area contributed by atoms with Gasteiger partial charge in [-0.15, -0.1) is 11.3 Å². The molecule has 3 nitrogen and oxygen atoms in total. The lowest BCUT2D eigenvalue weighted by Crippen LogP contribution is -2.40. The highest BCUT2D eigenvalue weighted by molar-refractivity contribution is 7.18. The Bertz CT molecular complexity index is 558. The maximum atomic E-state index is 6.04. The van der Waals surface area contributed by atoms with Gasteiger partial charge in [-0.05, 0) is 31.4 Å². The van der Waals surface area contributed by atoms with E-state index in [2.05, 4.69) is 25.1 Å². The van der Waals surface area contributed by atoms with E-state index in [4.69, 9.17) is 15.5 Å². The number of nitrogens with two attached hydrogens (primary N) is 1. The van der Waals surface area contributed by atoms with Gasteiger partial charge in [-0.1, -0.05) is 12.1 Å². The number of benzene rings is 1. The van der Waals surface area contributed by atoms with Crippen LogP contribution >= 0.6 is 11.3 Å². The van der Waals surface area contributed by atoms with Crippen LogP contribution in [0.2, 0.25) is 0 Å². The van der Waals surface area contributed by atoms with Gasteiger partial charge in [0.1, 0.15) is 5.01 Å². The van der Waals surface area contributed by atoms with Crippen molar-refractivity contribution in [3.05, 3.63) is 28.8 Å². The van der Waals surface area contributed by atoms with Crippen molar-refractivity contribution in [2.24, 2.45) is 5.73 Å². The van der Waals surface area contributed by atoms with Gasteiger partial charge in [0.2, 0.25) is 0 Å². The summed E-state index contributed by atoms with van der Waals surface area (Å²) in [7, 11) is 0. The standard InChI is InChI=1S/C14H18N2OS/c1-10-3-2-4-11-12(10)16-13(18-11)14(9-15)5-7-17-8-6-14/h2-4H,5-9,15H2,1H3. The third kappa shape index (κ3) is 1.85. The largest absolute Gasteiger partial charge is 0.381 e. The van der Waals surface area contributed by atoms with Crippen LogP contribution in [0.4, 0.5) is 0 Å². The van der Waals surface area contributed by atoms with E-state index in [0.29, 0.717) is 6.54 Å². The van der Waals surface area contributed by atoms with Crippen molar-refractivity contribution in [1.29, 1.82) is 0 Å². The monoisotopic (exact) mass is 262 g/mol. The molecule has 0 spiro atoms. The molecule has 0 radical (unpaired) electrons. The molecule has 4 heteroatoms. The Balaban J connectivity index is 2.09. The summed E-state index contributed by atoms with van der Waals surface area (Å²) < 4.78 is 6.74. The molecule has 2 N–H and O–H groups in total. The zero-order valence-electron chi connectivity index (χ0n) is 10.6. The molecule has 2 aromatic rings. The fourth-order valence-electron chi connectivity index (χ4n) is 2.58. The maximum absolute atomic E-state index is 6.04. The summed E-state index contributed by atoms with van der Waals surface area (Å²) >= 11 is 1.79. The quantitative estimate of drug-likeness (QED) is 0.905. The van der Waals surface area contributed by atoms with Gasteiger partial charge >= 0.3 is 0 Å². The first-order chi connectivity index (χ1) is 8.75. The number of para-hydroxylation sites is 1. The molecule has 96 valence electrons. The van der Waals surface area contributed by atoms with Crippen molar-refractivity contribution in [3.8, 4) is 0 Å². The smallest absolute Gasteiger partial charge is 0.101 e. The molecule has 3 rings (SSSR count). The lowest BCUT2D eigenvalue weighted by molar-refractivity contribution is 0.0529. The third-order valence-corrected chi connectivity index (χ3v) is 5.18. The molecular formula is C14H18N2OS. The number of thiazole rings is 1. The van der Waals surface area contributed by atoms with Crippen LogP contribution in [-0.2, 0) is 10.2 Å². The molecule has 1 aromatic carbocycles. The summed E-state index contributed by atoms with van der Waals surface area (Å²) in [6.45, 7) is 4.37. The zero-order chi connectivity index (χ0) is 12.6. The predicted molar refractivity (Wildman–Crippen MR) is 75.1 cm³/mol. The van der Waals surface area contributed by atoms with E-state index in [1.54, 1.807) is 11.3 Å². The van der Waals surface area contributed by atoms with Gasteiger partial charge in [0.05, 0.1) is 10.2 Å². The SMILES string of the molecule is Cc1cccc2sc(C3(CN)CCOCC3)nc12. The molecule has 1 aliphatic rings. The van der Waals surface area contributed by atoms with Crippen molar-refractivity contribution >= 4 is 21.6 Å². The van der Waals surface area contributed by atoms with Crippen LogP contribution in [0.3, 0.4) is 0 Å². The Labute approximate surface area is 111 Å². The van der Waals surface area contributed by atoms with Crippen LogP contribution in [0.15, 0.2) is 18.2 Å². The highest BCUT2D eigenvalue weighted by Gasteiger charge is 2.36. The summed E-state index contributed by atoms with van der Waals surface area (Å²) in [6, 6.07) is 6.36. The highest BCUT2D eigenvalue weighted by Crippen LogP contribution is 2.38. The van der Waals surface area contributed by atoms with Crippen LogP contribution in [-0.4, -0.2) is 24.7 Å². The Morgan fingerprint density at radius 3 is 2.83 bits per heavy atom. The number of rotatable bonds is 2. The molecular weight excluding hydrogens is 244 g/mol. The third-order valence-electron chi connectivity index (χ3n) is 3.92. The van der Waals surface area contributed by atoms with Gasteiger partial charge in [0.15, 0.2) is 0 Å². The first-order valence-corrected chi connectivity index (χ1v) is 7.21. The van der Waals surface area contributed by atoms with E-state index >= 15 is 0 Å². The minimum atomic E-state index is 0.0361. The van der Waals surface area contributed by atoms with Gasteiger partial charge < -0.3 is 10.5 Å². The Morgan fingerprint density at radius 2 is 2.17 bits per heavy atom. The van der Waals surface area contributed by atoms with E-state index in [0.717, 1.165) is 31.6 Å². The van der Waals surface area contributed by atoms with E-state index in [1.807, 2.05) is 0 Å². The van der Waals surface area contributed by atoms with Crippen molar-refractivity contribution in [2.45, 2.75) is 25.2 Å². The molecule has 1 aromatic heterocycles. The Hall–Kier alpha value is -0.970. The summed E-state index contributed by atoms with van der Waals surface area (Å²) in [5.41, 5.74) is 8.46. The van der Waals surface area contributed by atoms with E-state index in [9.17, 15) is 0 Å². The summed E-state index contributed by atoms with van der Waals surface area (Å²) in [4.78, 5) is 4.86. The van der Waals surface area contributed by atoms with E-state index in [-0.39, 0.29) is 5.41 Å². The molecule has 0 unspecified atom stereocenters. The van der Waals surface area contributed by atoms with Crippen molar-refractivity contribution in [1.82, 2.24) is 4.98 Å². The first-order valence-electron chi connectivity index (χ1n) is 6.40. The van der Waals surface area contributed by atoms with Gasteiger partial charge in [-0.3, -0.25) is 0 Å². The number of aromatic nitrogens is 1. The number of nitrogens with zero attached hydrogens (tertiary/aromatic N) is 1.